The molecule has 1 saturated heterocycles. The minimum atomic E-state index is 0.0217. The summed E-state index contributed by atoms with van der Waals surface area (Å²) in [6.45, 7) is 2.17. The summed E-state index contributed by atoms with van der Waals surface area (Å²) < 4.78 is 0. The molecule has 4 nitrogen and oxygen atoms in total. The predicted molar refractivity (Wildman–Crippen MR) is 58.5 cm³/mol. The van der Waals surface area contributed by atoms with Gasteiger partial charge in [0.15, 0.2) is 5.17 Å². The summed E-state index contributed by atoms with van der Waals surface area (Å²) in [5.41, 5.74) is 1.17. The quantitative estimate of drug-likeness (QED) is 0.666. The lowest BCUT2D eigenvalue weighted by Gasteiger charge is -1.99. The van der Waals surface area contributed by atoms with E-state index in [-0.39, 0.29) is 5.91 Å². The standard InChI is InChI=1S/C9H13N3OS/c1-6-3-2-4-7(6)11-12-9-10-8(13)5-14-9/h6H,2-5H2,1H3,(H,10,12,13)/b11-7-. The highest BCUT2D eigenvalue weighted by Crippen LogP contribution is 2.22. The second kappa shape index (κ2) is 4.13. The SMILES string of the molecule is CC1CCC/C1=N/N=C1\NC(=O)CS1. The summed E-state index contributed by atoms with van der Waals surface area (Å²) in [7, 11) is 0. The van der Waals surface area contributed by atoms with Crippen LogP contribution < -0.4 is 5.32 Å². The van der Waals surface area contributed by atoms with Crippen LogP contribution in [0.25, 0.3) is 0 Å². The van der Waals surface area contributed by atoms with Gasteiger partial charge in [0.1, 0.15) is 0 Å². The molecule has 1 amide bonds. The van der Waals surface area contributed by atoms with Crippen molar-refractivity contribution in [2.45, 2.75) is 26.2 Å². The van der Waals surface area contributed by atoms with E-state index in [4.69, 9.17) is 0 Å². The molecule has 1 saturated carbocycles. The van der Waals surface area contributed by atoms with Crippen molar-refractivity contribution in [1.29, 1.82) is 0 Å². The van der Waals surface area contributed by atoms with E-state index >= 15 is 0 Å². The zero-order valence-corrected chi connectivity index (χ0v) is 8.93. The maximum atomic E-state index is 10.9. The molecule has 2 rings (SSSR count). The maximum absolute atomic E-state index is 10.9. The molecule has 1 unspecified atom stereocenters. The van der Waals surface area contributed by atoms with Crippen LogP contribution in [0.5, 0.6) is 0 Å². The molecule has 76 valence electrons. The zero-order valence-electron chi connectivity index (χ0n) is 8.12. The Morgan fingerprint density at radius 2 is 2.36 bits per heavy atom. The molecular weight excluding hydrogens is 198 g/mol. The van der Waals surface area contributed by atoms with Gasteiger partial charge < -0.3 is 5.32 Å². The van der Waals surface area contributed by atoms with Crippen molar-refractivity contribution >= 4 is 28.5 Å². The van der Waals surface area contributed by atoms with Crippen LogP contribution in [0, 0.1) is 5.92 Å². The van der Waals surface area contributed by atoms with Crippen LogP contribution in [-0.2, 0) is 4.79 Å². The molecule has 1 N–H and O–H groups in total. The van der Waals surface area contributed by atoms with Gasteiger partial charge in [-0.3, -0.25) is 4.79 Å². The Balaban J connectivity index is 2.00. The highest BCUT2D eigenvalue weighted by atomic mass is 32.2. The van der Waals surface area contributed by atoms with Gasteiger partial charge in [-0.05, 0) is 25.2 Å². The van der Waals surface area contributed by atoms with Gasteiger partial charge in [-0.25, -0.2) is 0 Å². The van der Waals surface area contributed by atoms with Gasteiger partial charge in [-0.1, -0.05) is 18.7 Å². The number of amidine groups is 1. The molecule has 0 bridgehead atoms. The molecule has 0 aromatic heterocycles. The van der Waals surface area contributed by atoms with Gasteiger partial charge >= 0.3 is 0 Å². The van der Waals surface area contributed by atoms with Crippen molar-refractivity contribution < 1.29 is 4.79 Å². The maximum Gasteiger partial charge on any atom is 0.236 e. The Hall–Kier alpha value is -0.840. The third kappa shape index (κ3) is 2.15. The van der Waals surface area contributed by atoms with Gasteiger partial charge in [0.05, 0.1) is 5.75 Å². The second-order valence-electron chi connectivity index (χ2n) is 3.63. The van der Waals surface area contributed by atoms with Crippen LogP contribution >= 0.6 is 11.8 Å². The lowest BCUT2D eigenvalue weighted by atomic mass is 10.1. The first-order chi connectivity index (χ1) is 6.75. The summed E-state index contributed by atoms with van der Waals surface area (Å²) in [4.78, 5) is 10.9. The molecule has 14 heavy (non-hydrogen) atoms. The van der Waals surface area contributed by atoms with Crippen LogP contribution in [0.2, 0.25) is 0 Å². The van der Waals surface area contributed by atoms with Crippen molar-refractivity contribution in [1.82, 2.24) is 5.32 Å². The van der Waals surface area contributed by atoms with Crippen molar-refractivity contribution in [3.8, 4) is 0 Å². The first kappa shape index (κ1) is 9.71. The Morgan fingerprint density at radius 3 is 2.93 bits per heavy atom. The highest BCUT2D eigenvalue weighted by molar-refractivity contribution is 8.15. The molecule has 0 aromatic rings. The summed E-state index contributed by atoms with van der Waals surface area (Å²) in [6, 6.07) is 0. The van der Waals surface area contributed by atoms with Crippen molar-refractivity contribution in [2.24, 2.45) is 16.1 Å². The van der Waals surface area contributed by atoms with Crippen LogP contribution in [0.4, 0.5) is 0 Å². The highest BCUT2D eigenvalue weighted by Gasteiger charge is 2.19. The lowest BCUT2D eigenvalue weighted by Crippen LogP contribution is -2.19. The van der Waals surface area contributed by atoms with Crippen molar-refractivity contribution in [2.75, 3.05) is 5.75 Å². The molecule has 0 spiro atoms. The van der Waals surface area contributed by atoms with E-state index in [2.05, 4.69) is 22.4 Å². The number of carbonyl (C=O) groups excluding carboxylic acids is 1. The number of thioether (sulfide) groups is 1. The first-order valence-corrected chi connectivity index (χ1v) is 5.81. The van der Waals surface area contributed by atoms with Gasteiger partial charge in [0.25, 0.3) is 0 Å². The Kier molecular flexibility index (Phi) is 2.86. The topological polar surface area (TPSA) is 53.8 Å². The molecule has 1 atom stereocenters. The molecule has 1 aliphatic heterocycles. The molecule has 0 aromatic carbocycles. The number of carbonyl (C=O) groups is 1. The molecular formula is C9H13N3OS. The van der Waals surface area contributed by atoms with E-state index in [1.54, 1.807) is 0 Å². The minimum Gasteiger partial charge on any atom is -0.303 e. The van der Waals surface area contributed by atoms with Gasteiger partial charge in [0.2, 0.25) is 5.91 Å². The molecule has 1 aliphatic carbocycles. The predicted octanol–water partition coefficient (Wildman–Crippen LogP) is 1.38. The zero-order chi connectivity index (χ0) is 9.97. The molecule has 2 fully saturated rings. The average Bonchev–Trinajstić information content (AvgIpc) is 2.72. The van der Waals surface area contributed by atoms with Crippen LogP contribution in [0.15, 0.2) is 10.2 Å². The fourth-order valence-corrected chi connectivity index (χ4v) is 2.26. The Morgan fingerprint density at radius 1 is 1.50 bits per heavy atom. The second-order valence-corrected chi connectivity index (χ2v) is 4.59. The summed E-state index contributed by atoms with van der Waals surface area (Å²) in [5.74, 6) is 1.05. The third-order valence-electron chi connectivity index (χ3n) is 2.49. The van der Waals surface area contributed by atoms with Crippen LogP contribution in [0.3, 0.4) is 0 Å². The van der Waals surface area contributed by atoms with E-state index in [0.29, 0.717) is 16.8 Å². The van der Waals surface area contributed by atoms with E-state index in [0.717, 1.165) is 6.42 Å². The first-order valence-electron chi connectivity index (χ1n) is 4.83. The van der Waals surface area contributed by atoms with E-state index in [1.807, 2.05) is 0 Å². The lowest BCUT2D eigenvalue weighted by molar-refractivity contribution is -0.116. The van der Waals surface area contributed by atoms with E-state index in [1.165, 1.54) is 30.3 Å². The van der Waals surface area contributed by atoms with Gasteiger partial charge in [0, 0.05) is 5.71 Å². The molecule has 2 aliphatic rings. The minimum absolute atomic E-state index is 0.0217. The largest absolute Gasteiger partial charge is 0.303 e. The summed E-state index contributed by atoms with van der Waals surface area (Å²) >= 11 is 1.42. The number of amides is 1. The fourth-order valence-electron chi connectivity index (χ4n) is 1.64. The van der Waals surface area contributed by atoms with Gasteiger partial charge in [-0.2, -0.15) is 5.10 Å². The summed E-state index contributed by atoms with van der Waals surface area (Å²) in [6.07, 6.45) is 3.48. The third-order valence-corrected chi connectivity index (χ3v) is 3.36. The average molecular weight is 211 g/mol. The van der Waals surface area contributed by atoms with E-state index in [9.17, 15) is 4.79 Å². The van der Waals surface area contributed by atoms with Crippen LogP contribution in [0.1, 0.15) is 26.2 Å². The fraction of sp³-hybridized carbons (Fsp3) is 0.667. The molecule has 5 heteroatoms. The Labute approximate surface area is 87.2 Å². The summed E-state index contributed by atoms with van der Waals surface area (Å²) in [5, 5.41) is 11.5. The smallest absolute Gasteiger partial charge is 0.236 e. The Bertz CT molecular complexity index is 311. The van der Waals surface area contributed by atoms with Crippen LogP contribution in [-0.4, -0.2) is 22.5 Å². The number of hydrogen-bond acceptors (Lipinski definition) is 4. The molecule has 0 radical (unpaired) electrons. The normalized spacial score (nSPS) is 32.9. The van der Waals surface area contributed by atoms with Crippen molar-refractivity contribution in [3.63, 3.8) is 0 Å². The van der Waals surface area contributed by atoms with E-state index < -0.39 is 0 Å². The number of rotatable bonds is 1. The number of nitrogens with one attached hydrogen (secondary N) is 1. The number of hydrogen-bond donors (Lipinski definition) is 1. The van der Waals surface area contributed by atoms with Gasteiger partial charge in [-0.15, -0.1) is 5.10 Å². The molecule has 1 heterocycles. The number of nitrogens with zero attached hydrogens (tertiary/aromatic N) is 2. The van der Waals surface area contributed by atoms with Crippen molar-refractivity contribution in [3.05, 3.63) is 0 Å². The monoisotopic (exact) mass is 211 g/mol.